The number of carbonyl (C=O) groups is 2. The SMILES string of the molecule is COCCN1C(=O)C(=O)C(=C(O)c2ccc(OCc3cccc(C)c3)cc2)C1c1ccc(O)cc1. The molecule has 1 amide bonds. The van der Waals surface area contributed by atoms with Crippen LogP contribution < -0.4 is 4.74 Å². The fourth-order valence-corrected chi connectivity index (χ4v) is 4.14. The van der Waals surface area contributed by atoms with Crippen LogP contribution in [0.15, 0.2) is 78.4 Å². The van der Waals surface area contributed by atoms with E-state index in [1.165, 1.54) is 24.1 Å². The van der Waals surface area contributed by atoms with E-state index < -0.39 is 17.7 Å². The molecule has 1 aliphatic heterocycles. The third-order valence-corrected chi connectivity index (χ3v) is 5.90. The van der Waals surface area contributed by atoms with Crippen LogP contribution in [0.2, 0.25) is 0 Å². The third-order valence-electron chi connectivity index (χ3n) is 5.90. The molecule has 3 aromatic carbocycles. The molecule has 1 heterocycles. The first-order chi connectivity index (χ1) is 16.9. The van der Waals surface area contributed by atoms with Gasteiger partial charge in [-0.2, -0.15) is 0 Å². The van der Waals surface area contributed by atoms with E-state index in [0.717, 1.165) is 11.1 Å². The second kappa shape index (κ2) is 10.4. The van der Waals surface area contributed by atoms with Gasteiger partial charge in [0, 0.05) is 19.2 Å². The normalized spacial score (nSPS) is 17.1. The topological polar surface area (TPSA) is 96.3 Å². The number of aliphatic hydroxyl groups is 1. The molecule has 0 spiro atoms. The number of hydrogen-bond acceptors (Lipinski definition) is 6. The first kappa shape index (κ1) is 24.0. The fraction of sp³-hybridized carbons (Fsp3) is 0.214. The number of carbonyl (C=O) groups excluding carboxylic acids is 2. The van der Waals surface area contributed by atoms with Gasteiger partial charge in [0.05, 0.1) is 18.2 Å². The van der Waals surface area contributed by atoms with Gasteiger partial charge in [-0.25, -0.2) is 0 Å². The molecule has 1 atom stereocenters. The molecular weight excluding hydrogens is 446 g/mol. The van der Waals surface area contributed by atoms with Crippen molar-refractivity contribution in [3.05, 3.63) is 101 Å². The maximum absolute atomic E-state index is 13.0. The van der Waals surface area contributed by atoms with Crippen molar-refractivity contribution in [2.45, 2.75) is 19.6 Å². The number of nitrogens with zero attached hydrogens (tertiary/aromatic N) is 1. The van der Waals surface area contributed by atoms with Crippen molar-refractivity contribution in [2.75, 3.05) is 20.3 Å². The Bertz CT molecular complexity index is 1250. The Morgan fingerprint density at radius 3 is 2.37 bits per heavy atom. The minimum absolute atomic E-state index is 0.00905. The molecule has 0 aromatic heterocycles. The summed E-state index contributed by atoms with van der Waals surface area (Å²) in [6, 6.07) is 20.2. The second-order valence-electron chi connectivity index (χ2n) is 8.38. The highest BCUT2D eigenvalue weighted by molar-refractivity contribution is 6.46. The van der Waals surface area contributed by atoms with Crippen LogP contribution in [-0.2, 0) is 20.9 Å². The molecule has 1 saturated heterocycles. The predicted octanol–water partition coefficient (Wildman–Crippen LogP) is 4.35. The van der Waals surface area contributed by atoms with Crippen LogP contribution in [0.5, 0.6) is 11.5 Å². The number of Topliss-reactive ketones (excluding diaryl/α,β-unsaturated/α-hetero) is 1. The lowest BCUT2D eigenvalue weighted by molar-refractivity contribution is -0.140. The maximum Gasteiger partial charge on any atom is 0.295 e. The van der Waals surface area contributed by atoms with Crippen molar-refractivity contribution < 1.29 is 29.3 Å². The molecular formula is C28H27NO6. The number of likely N-dealkylation sites (tertiary alicyclic amines) is 1. The number of aliphatic hydroxyl groups excluding tert-OH is 1. The van der Waals surface area contributed by atoms with Crippen molar-refractivity contribution in [3.8, 4) is 11.5 Å². The van der Waals surface area contributed by atoms with Crippen LogP contribution in [0.3, 0.4) is 0 Å². The predicted molar refractivity (Wildman–Crippen MR) is 131 cm³/mol. The third kappa shape index (κ3) is 5.20. The molecule has 180 valence electrons. The highest BCUT2D eigenvalue weighted by atomic mass is 16.5. The van der Waals surface area contributed by atoms with Crippen LogP contribution >= 0.6 is 0 Å². The van der Waals surface area contributed by atoms with Crippen molar-refractivity contribution in [3.63, 3.8) is 0 Å². The number of methoxy groups -OCH3 is 1. The fourth-order valence-electron chi connectivity index (χ4n) is 4.14. The molecule has 7 nitrogen and oxygen atoms in total. The van der Waals surface area contributed by atoms with E-state index in [9.17, 15) is 19.8 Å². The van der Waals surface area contributed by atoms with Gasteiger partial charge in [-0.05, 0) is 54.4 Å². The van der Waals surface area contributed by atoms with E-state index in [4.69, 9.17) is 9.47 Å². The molecule has 0 aliphatic carbocycles. The average Bonchev–Trinajstić information content (AvgIpc) is 3.11. The van der Waals surface area contributed by atoms with Gasteiger partial charge in [0.2, 0.25) is 0 Å². The molecule has 0 saturated carbocycles. The standard InChI is InChI=1S/C28H27NO6/c1-18-4-3-5-19(16-18)17-35-23-12-8-21(9-13-23)26(31)24-25(20-6-10-22(30)11-7-20)29(14-15-34-2)28(33)27(24)32/h3-13,16,25,30-31H,14-15,17H2,1-2H3. The Balaban J connectivity index is 1.63. The second-order valence-corrected chi connectivity index (χ2v) is 8.38. The lowest BCUT2D eigenvalue weighted by atomic mass is 9.95. The minimum atomic E-state index is -0.803. The zero-order valence-corrected chi connectivity index (χ0v) is 19.6. The van der Waals surface area contributed by atoms with Crippen molar-refractivity contribution in [1.29, 1.82) is 0 Å². The highest BCUT2D eigenvalue weighted by Crippen LogP contribution is 2.39. The first-order valence-corrected chi connectivity index (χ1v) is 11.2. The van der Waals surface area contributed by atoms with Crippen molar-refractivity contribution in [2.24, 2.45) is 0 Å². The van der Waals surface area contributed by atoms with Crippen LogP contribution in [0.1, 0.15) is 28.3 Å². The zero-order valence-electron chi connectivity index (χ0n) is 19.6. The highest BCUT2D eigenvalue weighted by Gasteiger charge is 2.45. The maximum atomic E-state index is 13.0. The molecule has 0 radical (unpaired) electrons. The van der Waals surface area contributed by atoms with Gasteiger partial charge in [0.25, 0.3) is 11.7 Å². The van der Waals surface area contributed by atoms with Gasteiger partial charge in [-0.1, -0.05) is 42.0 Å². The van der Waals surface area contributed by atoms with E-state index in [2.05, 4.69) is 0 Å². The monoisotopic (exact) mass is 473 g/mol. The number of amides is 1. The van der Waals surface area contributed by atoms with Gasteiger partial charge >= 0.3 is 0 Å². The van der Waals surface area contributed by atoms with Crippen molar-refractivity contribution in [1.82, 2.24) is 4.90 Å². The minimum Gasteiger partial charge on any atom is -0.508 e. The Morgan fingerprint density at radius 1 is 1.00 bits per heavy atom. The molecule has 1 aliphatic rings. The summed E-state index contributed by atoms with van der Waals surface area (Å²) in [7, 11) is 1.51. The van der Waals surface area contributed by atoms with Gasteiger partial charge in [-0.3, -0.25) is 9.59 Å². The summed E-state index contributed by atoms with van der Waals surface area (Å²) in [6.45, 7) is 2.83. The number of aryl methyl sites for hydroxylation is 1. The molecule has 4 rings (SSSR count). The smallest absolute Gasteiger partial charge is 0.295 e. The Morgan fingerprint density at radius 2 is 1.71 bits per heavy atom. The Kier molecular flexibility index (Phi) is 7.17. The van der Waals surface area contributed by atoms with Gasteiger partial charge < -0.3 is 24.6 Å². The van der Waals surface area contributed by atoms with Gasteiger partial charge in [-0.15, -0.1) is 0 Å². The number of ether oxygens (including phenoxy) is 2. The Labute approximate surface area is 203 Å². The van der Waals surface area contributed by atoms with Gasteiger partial charge in [0.15, 0.2) is 0 Å². The number of rotatable bonds is 8. The van der Waals surface area contributed by atoms with Crippen LogP contribution in [0.25, 0.3) is 5.76 Å². The van der Waals surface area contributed by atoms with E-state index in [1.807, 2.05) is 31.2 Å². The molecule has 7 heteroatoms. The Hall–Kier alpha value is -4.10. The number of benzene rings is 3. The van der Waals surface area contributed by atoms with E-state index in [-0.39, 0.29) is 30.2 Å². The van der Waals surface area contributed by atoms with Crippen molar-refractivity contribution >= 4 is 17.4 Å². The average molecular weight is 474 g/mol. The summed E-state index contributed by atoms with van der Waals surface area (Å²) in [5, 5.41) is 20.8. The van der Waals surface area contributed by atoms with E-state index in [0.29, 0.717) is 23.5 Å². The molecule has 0 bridgehead atoms. The quantitative estimate of drug-likeness (QED) is 0.287. The lowest BCUT2D eigenvalue weighted by Crippen LogP contribution is -2.32. The summed E-state index contributed by atoms with van der Waals surface area (Å²) in [4.78, 5) is 27.2. The van der Waals surface area contributed by atoms with E-state index in [1.54, 1.807) is 36.4 Å². The summed E-state index contributed by atoms with van der Waals surface area (Å²) < 4.78 is 11.0. The first-order valence-electron chi connectivity index (χ1n) is 11.2. The molecule has 1 unspecified atom stereocenters. The summed E-state index contributed by atoms with van der Waals surface area (Å²) in [6.07, 6.45) is 0. The summed E-state index contributed by atoms with van der Waals surface area (Å²) in [5.74, 6) is -1.08. The summed E-state index contributed by atoms with van der Waals surface area (Å²) in [5.41, 5.74) is 3.17. The molecule has 2 N–H and O–H groups in total. The molecule has 3 aromatic rings. The number of phenolic OH excluding ortho intramolecular Hbond substituents is 1. The number of aromatic hydroxyl groups is 1. The van der Waals surface area contributed by atoms with Crippen LogP contribution in [0, 0.1) is 6.92 Å². The molecule has 35 heavy (non-hydrogen) atoms. The summed E-state index contributed by atoms with van der Waals surface area (Å²) >= 11 is 0. The van der Waals surface area contributed by atoms with Crippen LogP contribution in [0.4, 0.5) is 0 Å². The van der Waals surface area contributed by atoms with E-state index >= 15 is 0 Å². The number of phenols is 1. The number of hydrogen-bond donors (Lipinski definition) is 2. The lowest BCUT2D eigenvalue weighted by Gasteiger charge is -2.25. The zero-order chi connectivity index (χ0) is 24.9. The van der Waals surface area contributed by atoms with Crippen LogP contribution in [-0.4, -0.2) is 47.1 Å². The van der Waals surface area contributed by atoms with Gasteiger partial charge in [0.1, 0.15) is 23.9 Å². The largest absolute Gasteiger partial charge is 0.508 e. The molecule has 1 fully saturated rings. The number of ketones is 1.